The Labute approximate surface area is 151 Å². The zero-order valence-corrected chi connectivity index (χ0v) is 15.3. The molecule has 1 saturated heterocycles. The normalized spacial score (nSPS) is 17.6. The Kier molecular flexibility index (Phi) is 5.55. The Morgan fingerprint density at radius 2 is 2.24 bits per heavy atom. The molecule has 0 bridgehead atoms. The van der Waals surface area contributed by atoms with Crippen LogP contribution in [-0.4, -0.2) is 41.0 Å². The molecule has 1 atom stereocenters. The van der Waals surface area contributed by atoms with Crippen LogP contribution in [-0.2, 0) is 16.6 Å². The monoisotopic (exact) mass is 361 g/mol. The van der Waals surface area contributed by atoms with Gasteiger partial charge in [-0.1, -0.05) is 0 Å². The highest BCUT2D eigenvalue weighted by Crippen LogP contribution is 2.32. The Balaban J connectivity index is 1.64. The van der Waals surface area contributed by atoms with E-state index >= 15 is 0 Å². The number of hydrogen-bond donors (Lipinski definition) is 1. The number of aromatic nitrogens is 1. The predicted molar refractivity (Wildman–Crippen MR) is 97.9 cm³/mol. The van der Waals surface area contributed by atoms with E-state index in [-0.39, 0.29) is 11.9 Å². The van der Waals surface area contributed by atoms with Gasteiger partial charge in [0.1, 0.15) is 5.00 Å². The maximum atomic E-state index is 12.5. The quantitative estimate of drug-likeness (QED) is 0.803. The van der Waals surface area contributed by atoms with Gasteiger partial charge in [0.2, 0.25) is 5.91 Å². The molecule has 25 heavy (non-hydrogen) atoms. The number of likely N-dealkylation sites (tertiary alicyclic amines) is 1. The number of esters is 1. The first-order valence-electron chi connectivity index (χ1n) is 8.50. The fourth-order valence-corrected chi connectivity index (χ4v) is 4.09. The summed E-state index contributed by atoms with van der Waals surface area (Å²) in [6.45, 7) is 3.29. The van der Waals surface area contributed by atoms with Gasteiger partial charge in [0.25, 0.3) is 0 Å². The molecule has 0 aromatic carbocycles. The van der Waals surface area contributed by atoms with E-state index in [1.165, 1.54) is 17.0 Å². The lowest BCUT2D eigenvalue weighted by Crippen LogP contribution is -2.33. The first-order chi connectivity index (χ1) is 12.1. The summed E-state index contributed by atoms with van der Waals surface area (Å²) >= 11 is 1.34. The number of hydrogen-bond acceptors (Lipinski definition) is 5. The molecule has 7 heteroatoms. The van der Waals surface area contributed by atoms with E-state index in [0.29, 0.717) is 23.7 Å². The highest BCUT2D eigenvalue weighted by Gasteiger charge is 2.29. The minimum atomic E-state index is -0.401. The first-order valence-corrected chi connectivity index (χ1v) is 9.38. The summed E-state index contributed by atoms with van der Waals surface area (Å²) in [5, 5.41) is 5.20. The average Bonchev–Trinajstić information content (AvgIpc) is 3.29. The molecule has 1 N–H and O–H groups in total. The number of amides is 1. The van der Waals surface area contributed by atoms with E-state index in [2.05, 4.69) is 20.9 Å². The molecule has 0 spiro atoms. The van der Waals surface area contributed by atoms with Crippen molar-refractivity contribution in [1.29, 1.82) is 0 Å². The van der Waals surface area contributed by atoms with Crippen molar-refractivity contribution in [2.24, 2.45) is 7.05 Å². The Hall–Kier alpha value is -2.12. The van der Waals surface area contributed by atoms with Crippen LogP contribution in [0.5, 0.6) is 0 Å². The number of carbonyl (C=O) groups is 2. The van der Waals surface area contributed by atoms with E-state index in [1.54, 1.807) is 18.4 Å². The van der Waals surface area contributed by atoms with Crippen LogP contribution < -0.4 is 5.32 Å². The van der Waals surface area contributed by atoms with Crippen molar-refractivity contribution >= 4 is 28.2 Å². The lowest BCUT2D eigenvalue weighted by molar-refractivity contribution is -0.117. The zero-order chi connectivity index (χ0) is 17.8. The molecule has 1 amide bonds. The van der Waals surface area contributed by atoms with Crippen molar-refractivity contribution in [2.75, 3.05) is 25.0 Å². The molecule has 6 nitrogen and oxygen atoms in total. The molecule has 3 rings (SSSR count). The molecule has 134 valence electrons. The van der Waals surface area contributed by atoms with Gasteiger partial charge in [-0.25, -0.2) is 4.79 Å². The van der Waals surface area contributed by atoms with E-state index in [0.717, 1.165) is 19.4 Å². The maximum absolute atomic E-state index is 12.5. The van der Waals surface area contributed by atoms with Gasteiger partial charge in [0.05, 0.1) is 24.8 Å². The second kappa shape index (κ2) is 7.84. The van der Waals surface area contributed by atoms with Crippen molar-refractivity contribution in [2.45, 2.75) is 25.8 Å². The van der Waals surface area contributed by atoms with Crippen LogP contribution in [0.15, 0.2) is 29.8 Å². The second-order valence-electron chi connectivity index (χ2n) is 6.10. The molecule has 0 radical (unpaired) electrons. The highest BCUT2D eigenvalue weighted by molar-refractivity contribution is 7.14. The summed E-state index contributed by atoms with van der Waals surface area (Å²) in [5.74, 6) is -0.504. The molecule has 2 aromatic rings. The fourth-order valence-electron chi connectivity index (χ4n) is 3.30. The predicted octanol–water partition coefficient (Wildman–Crippen LogP) is 3.04. The summed E-state index contributed by atoms with van der Waals surface area (Å²) < 4.78 is 7.13. The standard InChI is InChI=1S/C18H23N3O3S/c1-3-24-18(23)13-8-11-25-17(13)19-16(22)12-21-10-5-7-15(21)14-6-4-9-20(14)2/h4,6,8-9,11,15H,3,5,7,10,12H2,1-2H3,(H,19,22). The number of anilines is 1. The number of aryl methyl sites for hydroxylation is 1. The molecule has 2 aromatic heterocycles. The van der Waals surface area contributed by atoms with Crippen LogP contribution in [0.3, 0.4) is 0 Å². The third kappa shape index (κ3) is 3.93. The zero-order valence-electron chi connectivity index (χ0n) is 14.5. The summed E-state index contributed by atoms with van der Waals surface area (Å²) in [6.07, 6.45) is 4.16. The van der Waals surface area contributed by atoms with Crippen molar-refractivity contribution in [3.05, 3.63) is 41.0 Å². The van der Waals surface area contributed by atoms with Crippen LogP contribution in [0.2, 0.25) is 0 Å². The summed E-state index contributed by atoms with van der Waals surface area (Å²) in [5.41, 5.74) is 1.65. The molecule has 1 aliphatic rings. The largest absolute Gasteiger partial charge is 0.462 e. The third-order valence-corrected chi connectivity index (χ3v) is 5.28. The highest BCUT2D eigenvalue weighted by atomic mass is 32.1. The topological polar surface area (TPSA) is 63.6 Å². The molecular weight excluding hydrogens is 338 g/mol. The van der Waals surface area contributed by atoms with Gasteiger partial charge in [-0.3, -0.25) is 9.69 Å². The Morgan fingerprint density at radius 1 is 1.40 bits per heavy atom. The molecule has 0 aliphatic carbocycles. The average molecular weight is 361 g/mol. The smallest absolute Gasteiger partial charge is 0.341 e. The van der Waals surface area contributed by atoms with Gasteiger partial charge >= 0.3 is 5.97 Å². The molecule has 1 aliphatic heterocycles. The number of thiophene rings is 1. The summed E-state index contributed by atoms with van der Waals surface area (Å²) in [7, 11) is 2.03. The molecule has 3 heterocycles. The minimum Gasteiger partial charge on any atom is -0.462 e. The van der Waals surface area contributed by atoms with Gasteiger partial charge in [0.15, 0.2) is 0 Å². The van der Waals surface area contributed by atoms with Crippen molar-refractivity contribution < 1.29 is 14.3 Å². The maximum Gasteiger partial charge on any atom is 0.341 e. The number of nitrogens with one attached hydrogen (secondary N) is 1. The third-order valence-electron chi connectivity index (χ3n) is 4.45. The molecule has 1 unspecified atom stereocenters. The minimum absolute atomic E-state index is 0.103. The van der Waals surface area contributed by atoms with Crippen LogP contribution in [0, 0.1) is 0 Å². The molecule has 1 fully saturated rings. The van der Waals surface area contributed by atoms with Crippen LogP contribution in [0.1, 0.15) is 41.9 Å². The molecular formula is C18H23N3O3S. The van der Waals surface area contributed by atoms with Gasteiger partial charge < -0.3 is 14.6 Å². The van der Waals surface area contributed by atoms with E-state index in [1.807, 2.05) is 19.3 Å². The van der Waals surface area contributed by atoms with Crippen LogP contribution in [0.25, 0.3) is 0 Å². The summed E-state index contributed by atoms with van der Waals surface area (Å²) in [4.78, 5) is 26.6. The van der Waals surface area contributed by atoms with E-state index in [4.69, 9.17) is 4.74 Å². The number of rotatable bonds is 6. The Bertz CT molecular complexity index is 752. The first kappa shape index (κ1) is 17.7. The lowest BCUT2D eigenvalue weighted by atomic mass is 10.1. The number of carbonyl (C=O) groups excluding carboxylic acids is 2. The summed E-state index contributed by atoms with van der Waals surface area (Å²) in [6, 6.07) is 6.09. The van der Waals surface area contributed by atoms with Gasteiger partial charge in [0, 0.05) is 18.9 Å². The Morgan fingerprint density at radius 3 is 2.96 bits per heavy atom. The number of nitrogens with zero attached hydrogens (tertiary/aromatic N) is 2. The van der Waals surface area contributed by atoms with Crippen LogP contribution in [0.4, 0.5) is 5.00 Å². The lowest BCUT2D eigenvalue weighted by Gasteiger charge is -2.24. The van der Waals surface area contributed by atoms with Gasteiger partial charge in [-0.05, 0) is 49.9 Å². The van der Waals surface area contributed by atoms with Crippen molar-refractivity contribution in [3.8, 4) is 0 Å². The fraction of sp³-hybridized carbons (Fsp3) is 0.444. The van der Waals surface area contributed by atoms with E-state index < -0.39 is 5.97 Å². The molecule has 0 saturated carbocycles. The SMILES string of the molecule is CCOC(=O)c1ccsc1NC(=O)CN1CCCC1c1cccn1C. The second-order valence-corrected chi connectivity index (χ2v) is 7.02. The van der Waals surface area contributed by atoms with Gasteiger partial charge in [-0.2, -0.15) is 0 Å². The van der Waals surface area contributed by atoms with Crippen molar-refractivity contribution in [3.63, 3.8) is 0 Å². The van der Waals surface area contributed by atoms with Crippen LogP contribution >= 0.6 is 11.3 Å². The number of ether oxygens (including phenoxy) is 1. The van der Waals surface area contributed by atoms with Crippen molar-refractivity contribution in [1.82, 2.24) is 9.47 Å². The van der Waals surface area contributed by atoms with Gasteiger partial charge in [-0.15, -0.1) is 11.3 Å². The van der Waals surface area contributed by atoms with E-state index in [9.17, 15) is 9.59 Å².